The summed E-state index contributed by atoms with van der Waals surface area (Å²) in [6, 6.07) is 75.3. The highest BCUT2D eigenvalue weighted by atomic mass is 15.0. The Morgan fingerprint density at radius 1 is 0.224 bits per heavy atom. The first-order valence-corrected chi connectivity index (χ1v) is 19.7. The van der Waals surface area contributed by atoms with Crippen LogP contribution in [0.4, 0.5) is 0 Å². The van der Waals surface area contributed by atoms with Gasteiger partial charge in [-0.3, -0.25) is 0 Å². The highest BCUT2D eigenvalue weighted by Crippen LogP contribution is 2.41. The molecule has 0 amide bonds. The molecule has 1 aromatic heterocycles. The molecular weight excluding hydrogens is 703 g/mol. The monoisotopic (exact) mass is 737 g/mol. The number of hydrogen-bond acceptors (Lipinski definition) is 3. The van der Waals surface area contributed by atoms with Gasteiger partial charge in [0.1, 0.15) is 0 Å². The zero-order valence-electron chi connectivity index (χ0n) is 31.5. The molecule has 1 heterocycles. The van der Waals surface area contributed by atoms with Gasteiger partial charge in [-0.1, -0.05) is 200 Å². The second kappa shape index (κ2) is 14.1. The molecule has 0 radical (unpaired) electrons. The van der Waals surface area contributed by atoms with Crippen molar-refractivity contribution in [2.45, 2.75) is 0 Å². The highest BCUT2D eigenvalue weighted by Gasteiger charge is 2.18. The summed E-state index contributed by atoms with van der Waals surface area (Å²) in [5.41, 5.74) is 9.65. The smallest absolute Gasteiger partial charge is 0.164 e. The minimum absolute atomic E-state index is 0.623. The molecule has 0 saturated heterocycles. The normalized spacial score (nSPS) is 11.4. The van der Waals surface area contributed by atoms with Crippen LogP contribution in [0.15, 0.2) is 212 Å². The summed E-state index contributed by atoms with van der Waals surface area (Å²) in [4.78, 5) is 15.7. The predicted molar refractivity (Wildman–Crippen MR) is 242 cm³/mol. The molecule has 11 aromatic rings. The van der Waals surface area contributed by atoms with Crippen LogP contribution < -0.4 is 0 Å². The molecule has 0 fully saturated rings. The van der Waals surface area contributed by atoms with E-state index < -0.39 is 0 Å². The van der Waals surface area contributed by atoms with Crippen molar-refractivity contribution in [2.75, 3.05) is 0 Å². The minimum Gasteiger partial charge on any atom is -0.208 e. The van der Waals surface area contributed by atoms with E-state index in [0.29, 0.717) is 17.5 Å². The van der Waals surface area contributed by atoms with Gasteiger partial charge in [0.25, 0.3) is 0 Å². The zero-order valence-corrected chi connectivity index (χ0v) is 31.5. The van der Waals surface area contributed by atoms with Gasteiger partial charge in [0, 0.05) is 16.7 Å². The molecule has 0 aliphatic rings. The summed E-state index contributed by atoms with van der Waals surface area (Å²) in [5, 5.41) is 9.82. The Bertz CT molecular complexity index is 3330. The number of rotatable bonds is 6. The first kappa shape index (κ1) is 33.6. The molecule has 3 heteroatoms. The molecule has 11 rings (SSSR count). The van der Waals surface area contributed by atoms with E-state index >= 15 is 0 Å². The number of nitrogens with zero attached hydrogens (tertiary/aromatic N) is 3. The van der Waals surface area contributed by atoms with E-state index in [0.717, 1.165) is 44.5 Å². The zero-order chi connectivity index (χ0) is 38.4. The number of hydrogen-bond donors (Lipinski definition) is 0. The van der Waals surface area contributed by atoms with Crippen LogP contribution in [0.25, 0.3) is 111 Å². The van der Waals surface area contributed by atoms with Crippen LogP contribution in [-0.4, -0.2) is 15.0 Å². The number of fused-ring (bicyclic) bond motifs is 5. The van der Waals surface area contributed by atoms with Crippen molar-refractivity contribution in [3.8, 4) is 67.5 Å². The highest BCUT2D eigenvalue weighted by molar-refractivity contribution is 6.20. The van der Waals surface area contributed by atoms with Crippen LogP contribution in [-0.2, 0) is 0 Å². The summed E-state index contributed by atoms with van der Waals surface area (Å²) in [5.74, 6) is 1.88. The fraction of sp³-hybridized carbons (Fsp3) is 0. The summed E-state index contributed by atoms with van der Waals surface area (Å²) >= 11 is 0. The Morgan fingerprint density at radius 2 is 0.759 bits per heavy atom. The summed E-state index contributed by atoms with van der Waals surface area (Å²) in [6.45, 7) is 0. The molecule has 0 N–H and O–H groups in total. The third-order valence-corrected chi connectivity index (χ3v) is 11.3. The molecular formula is C55H35N3. The summed E-state index contributed by atoms with van der Waals surface area (Å²) in [6.07, 6.45) is 0. The maximum absolute atomic E-state index is 5.26. The topological polar surface area (TPSA) is 38.7 Å². The van der Waals surface area contributed by atoms with E-state index in [-0.39, 0.29) is 0 Å². The lowest BCUT2D eigenvalue weighted by atomic mass is 9.89. The molecule has 58 heavy (non-hydrogen) atoms. The SMILES string of the molecule is c1ccc(-c2cccc(-c3nc(-c4ccc(-c5c6ccccc6cc6c5ccc5ccccc56)cc4)nc(-c4ccccc4-c4cccc5ccccc45)n3)c2)cc1. The third kappa shape index (κ3) is 5.89. The van der Waals surface area contributed by atoms with Gasteiger partial charge < -0.3 is 0 Å². The van der Waals surface area contributed by atoms with Gasteiger partial charge in [0.05, 0.1) is 0 Å². The van der Waals surface area contributed by atoms with Gasteiger partial charge in [0.15, 0.2) is 17.5 Å². The predicted octanol–water partition coefficient (Wildman–Crippen LogP) is 14.5. The maximum Gasteiger partial charge on any atom is 0.164 e. The fourth-order valence-corrected chi connectivity index (χ4v) is 8.51. The second-order valence-electron chi connectivity index (χ2n) is 14.8. The molecule has 0 spiro atoms. The Morgan fingerprint density at radius 3 is 1.57 bits per heavy atom. The van der Waals surface area contributed by atoms with E-state index in [9.17, 15) is 0 Å². The van der Waals surface area contributed by atoms with Crippen molar-refractivity contribution < 1.29 is 0 Å². The molecule has 10 aromatic carbocycles. The standard InChI is InChI=1S/C55H35N3/c1-2-14-36(15-3-1)41-20-12-21-43(34-41)54-56-53(57-55(58-54)50-26-11-10-25-48(50)47-27-13-19-37-16-4-7-22-44(37)47)40-30-28-39(29-31-40)52-46-24-9-6-18-42(46)35-51-45-23-8-5-17-38(45)32-33-49(51)52/h1-35H. The van der Waals surface area contributed by atoms with E-state index in [1.54, 1.807) is 0 Å². The van der Waals surface area contributed by atoms with Gasteiger partial charge in [-0.15, -0.1) is 0 Å². The van der Waals surface area contributed by atoms with E-state index in [1.165, 1.54) is 48.7 Å². The van der Waals surface area contributed by atoms with Gasteiger partial charge in [0.2, 0.25) is 0 Å². The lowest BCUT2D eigenvalue weighted by Gasteiger charge is -2.15. The first-order chi connectivity index (χ1) is 28.7. The van der Waals surface area contributed by atoms with Gasteiger partial charge in [-0.05, 0) is 88.6 Å². The molecule has 0 bridgehead atoms. The molecule has 0 aliphatic carbocycles. The number of aromatic nitrogens is 3. The lowest BCUT2D eigenvalue weighted by molar-refractivity contribution is 1.07. The minimum atomic E-state index is 0.623. The average molecular weight is 738 g/mol. The third-order valence-electron chi connectivity index (χ3n) is 11.3. The Kier molecular flexibility index (Phi) is 8.15. The maximum atomic E-state index is 5.26. The summed E-state index contributed by atoms with van der Waals surface area (Å²) in [7, 11) is 0. The largest absolute Gasteiger partial charge is 0.208 e. The van der Waals surface area contributed by atoms with E-state index in [1.807, 2.05) is 6.07 Å². The van der Waals surface area contributed by atoms with Crippen LogP contribution >= 0.6 is 0 Å². The molecule has 0 saturated carbocycles. The van der Waals surface area contributed by atoms with Gasteiger partial charge in [-0.2, -0.15) is 0 Å². The summed E-state index contributed by atoms with van der Waals surface area (Å²) < 4.78 is 0. The molecule has 270 valence electrons. The first-order valence-electron chi connectivity index (χ1n) is 19.7. The van der Waals surface area contributed by atoms with Crippen LogP contribution in [0.5, 0.6) is 0 Å². The Hall–Kier alpha value is -7.75. The van der Waals surface area contributed by atoms with Crippen molar-refractivity contribution in [3.05, 3.63) is 212 Å². The molecule has 0 aliphatic heterocycles. The Balaban J connectivity index is 1.09. The van der Waals surface area contributed by atoms with E-state index in [4.69, 9.17) is 15.0 Å². The van der Waals surface area contributed by atoms with Crippen LogP contribution in [0, 0.1) is 0 Å². The molecule has 3 nitrogen and oxygen atoms in total. The van der Waals surface area contributed by atoms with Crippen LogP contribution in [0.2, 0.25) is 0 Å². The van der Waals surface area contributed by atoms with Crippen molar-refractivity contribution >= 4 is 43.1 Å². The van der Waals surface area contributed by atoms with Crippen molar-refractivity contribution in [1.82, 2.24) is 15.0 Å². The number of benzene rings is 10. The fourth-order valence-electron chi connectivity index (χ4n) is 8.51. The van der Waals surface area contributed by atoms with Crippen LogP contribution in [0.3, 0.4) is 0 Å². The Labute approximate surface area is 336 Å². The molecule has 0 unspecified atom stereocenters. The van der Waals surface area contributed by atoms with Crippen molar-refractivity contribution in [2.24, 2.45) is 0 Å². The second-order valence-corrected chi connectivity index (χ2v) is 14.8. The average Bonchev–Trinajstić information content (AvgIpc) is 3.31. The van der Waals surface area contributed by atoms with E-state index in [2.05, 4.69) is 206 Å². The van der Waals surface area contributed by atoms with Crippen molar-refractivity contribution in [1.29, 1.82) is 0 Å². The van der Waals surface area contributed by atoms with Crippen LogP contribution in [0.1, 0.15) is 0 Å². The molecule has 0 atom stereocenters. The van der Waals surface area contributed by atoms with Crippen molar-refractivity contribution in [3.63, 3.8) is 0 Å². The lowest BCUT2D eigenvalue weighted by Crippen LogP contribution is -2.01. The quantitative estimate of drug-likeness (QED) is 0.126. The van der Waals surface area contributed by atoms with Gasteiger partial charge >= 0.3 is 0 Å². The van der Waals surface area contributed by atoms with Gasteiger partial charge in [-0.25, -0.2) is 15.0 Å².